The molecule has 0 aliphatic rings. The Balaban J connectivity index is 2.03. The fourth-order valence-corrected chi connectivity index (χ4v) is 2.11. The van der Waals surface area contributed by atoms with E-state index in [1.807, 2.05) is 19.1 Å². The molecule has 20 heavy (non-hydrogen) atoms. The average molecular weight is 275 g/mol. The van der Waals surface area contributed by atoms with Crippen LogP contribution in [-0.2, 0) is 6.42 Å². The number of aromatic hydroxyl groups is 1. The van der Waals surface area contributed by atoms with Crippen LogP contribution in [0.2, 0.25) is 0 Å². The van der Waals surface area contributed by atoms with Gasteiger partial charge >= 0.3 is 0 Å². The summed E-state index contributed by atoms with van der Waals surface area (Å²) in [6, 6.07) is 11.9. The van der Waals surface area contributed by atoms with Crippen LogP contribution >= 0.6 is 0 Å². The lowest BCUT2D eigenvalue weighted by molar-refractivity contribution is 0.373. The van der Waals surface area contributed by atoms with E-state index in [2.05, 4.69) is 5.32 Å². The van der Waals surface area contributed by atoms with Crippen molar-refractivity contribution in [3.63, 3.8) is 0 Å². The third kappa shape index (κ3) is 3.41. The number of hydrogen-bond acceptors (Lipinski definition) is 3. The molecule has 2 rings (SSSR count). The molecule has 0 bridgehead atoms. The molecule has 0 fully saturated rings. The van der Waals surface area contributed by atoms with Gasteiger partial charge < -0.3 is 15.2 Å². The van der Waals surface area contributed by atoms with Crippen LogP contribution in [0.25, 0.3) is 0 Å². The summed E-state index contributed by atoms with van der Waals surface area (Å²) < 4.78 is 18.6. The second-order valence-electron chi connectivity index (χ2n) is 4.73. The quantitative estimate of drug-likeness (QED) is 0.876. The van der Waals surface area contributed by atoms with E-state index >= 15 is 0 Å². The number of benzene rings is 2. The van der Waals surface area contributed by atoms with Crippen molar-refractivity contribution in [2.75, 3.05) is 12.4 Å². The standard InChI is InChI=1S/C16H18FNO2/c1-11(9-12-5-3-4-6-14(12)17)18-13-7-8-16(20-2)15(19)10-13/h3-8,10-11,18-19H,9H2,1-2H3. The van der Waals surface area contributed by atoms with Crippen LogP contribution in [0.3, 0.4) is 0 Å². The molecular weight excluding hydrogens is 257 g/mol. The highest BCUT2D eigenvalue weighted by molar-refractivity contribution is 5.54. The maximum Gasteiger partial charge on any atom is 0.160 e. The molecule has 1 unspecified atom stereocenters. The van der Waals surface area contributed by atoms with E-state index in [4.69, 9.17) is 4.74 Å². The summed E-state index contributed by atoms with van der Waals surface area (Å²) in [7, 11) is 1.50. The summed E-state index contributed by atoms with van der Waals surface area (Å²) >= 11 is 0. The van der Waals surface area contributed by atoms with Gasteiger partial charge in [-0.2, -0.15) is 0 Å². The molecule has 106 valence electrons. The predicted molar refractivity (Wildman–Crippen MR) is 77.8 cm³/mol. The van der Waals surface area contributed by atoms with Crippen LogP contribution in [0.1, 0.15) is 12.5 Å². The number of halogens is 1. The van der Waals surface area contributed by atoms with Crippen molar-refractivity contribution < 1.29 is 14.2 Å². The highest BCUT2D eigenvalue weighted by atomic mass is 19.1. The largest absolute Gasteiger partial charge is 0.504 e. The molecule has 0 saturated carbocycles. The van der Waals surface area contributed by atoms with Crippen LogP contribution in [-0.4, -0.2) is 18.3 Å². The summed E-state index contributed by atoms with van der Waals surface area (Å²) in [5, 5.41) is 12.9. The lowest BCUT2D eigenvalue weighted by atomic mass is 10.1. The molecule has 0 amide bonds. The van der Waals surface area contributed by atoms with Gasteiger partial charge in [0.15, 0.2) is 11.5 Å². The summed E-state index contributed by atoms with van der Waals surface area (Å²) in [4.78, 5) is 0. The fourth-order valence-electron chi connectivity index (χ4n) is 2.11. The number of methoxy groups -OCH3 is 1. The second-order valence-corrected chi connectivity index (χ2v) is 4.73. The van der Waals surface area contributed by atoms with E-state index in [9.17, 15) is 9.50 Å². The number of phenols is 1. The number of nitrogens with one attached hydrogen (secondary N) is 1. The normalized spacial score (nSPS) is 11.9. The van der Waals surface area contributed by atoms with E-state index in [0.29, 0.717) is 17.7 Å². The zero-order chi connectivity index (χ0) is 14.5. The van der Waals surface area contributed by atoms with Gasteiger partial charge in [-0.25, -0.2) is 4.39 Å². The average Bonchev–Trinajstić information content (AvgIpc) is 2.41. The Labute approximate surface area is 118 Å². The maximum absolute atomic E-state index is 13.6. The van der Waals surface area contributed by atoms with Crippen molar-refractivity contribution in [1.82, 2.24) is 0 Å². The Morgan fingerprint density at radius 3 is 2.65 bits per heavy atom. The zero-order valence-corrected chi connectivity index (χ0v) is 11.6. The van der Waals surface area contributed by atoms with Gasteiger partial charge in [0.05, 0.1) is 7.11 Å². The minimum absolute atomic E-state index is 0.0414. The highest BCUT2D eigenvalue weighted by Gasteiger charge is 2.09. The summed E-state index contributed by atoms with van der Waals surface area (Å²) in [6.45, 7) is 1.97. The van der Waals surface area contributed by atoms with E-state index in [1.165, 1.54) is 13.2 Å². The van der Waals surface area contributed by atoms with Gasteiger partial charge in [0, 0.05) is 17.8 Å². The van der Waals surface area contributed by atoms with Gasteiger partial charge in [-0.15, -0.1) is 0 Å². The third-order valence-electron chi connectivity index (χ3n) is 3.08. The Kier molecular flexibility index (Phi) is 4.45. The lowest BCUT2D eigenvalue weighted by Crippen LogP contribution is -2.18. The maximum atomic E-state index is 13.6. The van der Waals surface area contributed by atoms with Gasteiger partial charge in [0.25, 0.3) is 0 Å². The van der Waals surface area contributed by atoms with Gasteiger partial charge in [0.2, 0.25) is 0 Å². The van der Waals surface area contributed by atoms with Crippen molar-refractivity contribution in [2.45, 2.75) is 19.4 Å². The molecule has 2 aromatic carbocycles. The summed E-state index contributed by atoms with van der Waals surface area (Å²) in [6.07, 6.45) is 0.569. The first-order chi connectivity index (χ1) is 9.60. The van der Waals surface area contributed by atoms with Gasteiger partial charge in [-0.05, 0) is 37.1 Å². The van der Waals surface area contributed by atoms with E-state index in [-0.39, 0.29) is 17.6 Å². The first-order valence-corrected chi connectivity index (χ1v) is 6.47. The van der Waals surface area contributed by atoms with Crippen LogP contribution in [0.15, 0.2) is 42.5 Å². The Bertz CT molecular complexity index is 586. The van der Waals surface area contributed by atoms with Crippen molar-refractivity contribution in [1.29, 1.82) is 0 Å². The van der Waals surface area contributed by atoms with Gasteiger partial charge in [-0.1, -0.05) is 18.2 Å². The molecule has 0 aliphatic carbocycles. The van der Waals surface area contributed by atoms with Crippen molar-refractivity contribution in [3.8, 4) is 11.5 Å². The van der Waals surface area contributed by atoms with Crippen LogP contribution in [0.5, 0.6) is 11.5 Å². The van der Waals surface area contributed by atoms with E-state index < -0.39 is 0 Å². The van der Waals surface area contributed by atoms with Gasteiger partial charge in [-0.3, -0.25) is 0 Å². The smallest absolute Gasteiger partial charge is 0.160 e. The Morgan fingerprint density at radius 1 is 1.25 bits per heavy atom. The number of ether oxygens (including phenoxy) is 1. The number of phenolic OH excluding ortho intramolecular Hbond substituents is 1. The molecule has 2 aromatic rings. The molecule has 0 aromatic heterocycles. The summed E-state index contributed by atoms with van der Waals surface area (Å²) in [5.74, 6) is 0.312. The number of hydrogen-bond donors (Lipinski definition) is 2. The van der Waals surface area contributed by atoms with Gasteiger partial charge in [0.1, 0.15) is 5.82 Å². The highest BCUT2D eigenvalue weighted by Crippen LogP contribution is 2.29. The fraction of sp³-hybridized carbons (Fsp3) is 0.250. The number of rotatable bonds is 5. The molecule has 0 saturated heterocycles. The zero-order valence-electron chi connectivity index (χ0n) is 11.6. The first kappa shape index (κ1) is 14.2. The first-order valence-electron chi connectivity index (χ1n) is 6.47. The summed E-state index contributed by atoms with van der Waals surface area (Å²) in [5.41, 5.74) is 1.44. The Morgan fingerprint density at radius 2 is 2.00 bits per heavy atom. The molecule has 3 nitrogen and oxygen atoms in total. The third-order valence-corrected chi connectivity index (χ3v) is 3.08. The van der Waals surface area contributed by atoms with E-state index in [1.54, 1.807) is 24.3 Å². The van der Waals surface area contributed by atoms with Crippen molar-refractivity contribution in [2.24, 2.45) is 0 Å². The Hall–Kier alpha value is -2.23. The second kappa shape index (κ2) is 6.28. The molecule has 0 heterocycles. The molecule has 2 N–H and O–H groups in total. The van der Waals surface area contributed by atoms with E-state index in [0.717, 1.165) is 5.69 Å². The van der Waals surface area contributed by atoms with Crippen molar-refractivity contribution >= 4 is 5.69 Å². The predicted octanol–water partition coefficient (Wildman–Crippen LogP) is 3.58. The minimum atomic E-state index is -0.196. The minimum Gasteiger partial charge on any atom is -0.504 e. The molecule has 0 radical (unpaired) electrons. The molecule has 0 spiro atoms. The lowest BCUT2D eigenvalue weighted by Gasteiger charge is -2.16. The van der Waals surface area contributed by atoms with Crippen LogP contribution in [0.4, 0.5) is 10.1 Å². The van der Waals surface area contributed by atoms with Crippen LogP contribution in [0, 0.1) is 5.82 Å². The molecule has 0 aliphatic heterocycles. The SMILES string of the molecule is COc1ccc(NC(C)Cc2ccccc2F)cc1O. The van der Waals surface area contributed by atoms with Crippen LogP contribution < -0.4 is 10.1 Å². The molecule has 4 heteroatoms. The van der Waals surface area contributed by atoms with Crippen molar-refractivity contribution in [3.05, 3.63) is 53.8 Å². The molecular formula is C16H18FNO2. The monoisotopic (exact) mass is 275 g/mol. The molecule has 1 atom stereocenters. The topological polar surface area (TPSA) is 41.5 Å². The number of anilines is 1.